The van der Waals surface area contributed by atoms with Gasteiger partial charge in [-0.1, -0.05) is 35.5 Å². The van der Waals surface area contributed by atoms with Crippen molar-refractivity contribution in [1.29, 1.82) is 0 Å². The number of hydrogen-bond acceptors (Lipinski definition) is 5. The summed E-state index contributed by atoms with van der Waals surface area (Å²) in [4.78, 5) is 18.1. The number of benzene rings is 1. The zero-order chi connectivity index (χ0) is 17.6. The van der Waals surface area contributed by atoms with Gasteiger partial charge in [-0.2, -0.15) is 0 Å². The van der Waals surface area contributed by atoms with E-state index in [-0.39, 0.29) is 5.91 Å². The average molecular weight is 342 g/mol. The first-order chi connectivity index (χ1) is 12.1. The van der Waals surface area contributed by atoms with Gasteiger partial charge in [0, 0.05) is 38.8 Å². The van der Waals surface area contributed by atoms with Gasteiger partial charge >= 0.3 is 0 Å². The second kappa shape index (κ2) is 8.27. The van der Waals surface area contributed by atoms with Crippen LogP contribution in [0.3, 0.4) is 0 Å². The Kier molecular flexibility index (Phi) is 5.83. The van der Waals surface area contributed by atoms with Gasteiger partial charge in [0.2, 0.25) is 5.91 Å². The second-order valence-corrected chi connectivity index (χ2v) is 6.74. The number of aromatic nitrogens is 1. The molecule has 0 atom stereocenters. The Bertz CT molecular complexity index is 684. The quantitative estimate of drug-likeness (QED) is 0.831. The monoisotopic (exact) mass is 342 g/mol. The third-order valence-electron chi connectivity index (χ3n) is 4.55. The Balaban J connectivity index is 1.54. The summed E-state index contributed by atoms with van der Waals surface area (Å²) in [5.41, 5.74) is 1.95. The van der Waals surface area contributed by atoms with Crippen LogP contribution < -0.4 is 0 Å². The minimum atomic E-state index is 0.163. The molecule has 0 unspecified atom stereocenters. The molecular formula is C19H26N4O2. The number of carbonyl (C=O) groups is 1. The van der Waals surface area contributed by atoms with E-state index in [0.717, 1.165) is 56.2 Å². The Morgan fingerprint density at radius 2 is 1.84 bits per heavy atom. The van der Waals surface area contributed by atoms with E-state index in [4.69, 9.17) is 4.52 Å². The minimum Gasteiger partial charge on any atom is -0.359 e. The largest absolute Gasteiger partial charge is 0.359 e. The van der Waals surface area contributed by atoms with Crippen LogP contribution in [0.15, 0.2) is 40.9 Å². The van der Waals surface area contributed by atoms with Crippen LogP contribution in [0.5, 0.6) is 0 Å². The zero-order valence-electron chi connectivity index (χ0n) is 15.0. The number of hydrogen-bond donors (Lipinski definition) is 0. The van der Waals surface area contributed by atoms with Crippen molar-refractivity contribution in [2.75, 3.05) is 46.8 Å². The van der Waals surface area contributed by atoms with Gasteiger partial charge in [-0.3, -0.25) is 14.6 Å². The van der Waals surface area contributed by atoms with E-state index in [0.29, 0.717) is 6.54 Å². The van der Waals surface area contributed by atoms with Crippen molar-refractivity contribution in [2.24, 2.45) is 0 Å². The molecule has 2 heterocycles. The van der Waals surface area contributed by atoms with Crippen molar-refractivity contribution in [3.8, 4) is 11.3 Å². The lowest BCUT2D eigenvalue weighted by Gasteiger charge is -2.22. The summed E-state index contributed by atoms with van der Waals surface area (Å²) in [6, 6.07) is 12.1. The van der Waals surface area contributed by atoms with E-state index in [2.05, 4.69) is 15.0 Å². The first-order valence-electron chi connectivity index (χ1n) is 8.77. The molecule has 0 spiro atoms. The van der Waals surface area contributed by atoms with E-state index in [1.165, 1.54) is 0 Å². The van der Waals surface area contributed by atoms with E-state index in [1.54, 1.807) is 19.0 Å². The van der Waals surface area contributed by atoms with Crippen LogP contribution in [-0.4, -0.2) is 72.6 Å². The molecule has 1 aliphatic heterocycles. The number of likely N-dealkylation sites (N-methyl/N-ethyl adjacent to an activating group) is 1. The molecule has 1 fully saturated rings. The van der Waals surface area contributed by atoms with Crippen LogP contribution >= 0.6 is 0 Å². The van der Waals surface area contributed by atoms with Crippen molar-refractivity contribution in [3.63, 3.8) is 0 Å². The molecule has 0 aliphatic carbocycles. The number of nitrogens with zero attached hydrogens (tertiary/aromatic N) is 4. The van der Waals surface area contributed by atoms with Crippen molar-refractivity contribution in [2.45, 2.75) is 13.0 Å². The summed E-state index contributed by atoms with van der Waals surface area (Å²) in [6.07, 6.45) is 1.06. The standard InChI is InChI=1S/C19H26N4O2/c1-21(2)19(24)15-23-10-6-9-22(11-12-23)14-17-13-18(20-25-17)16-7-4-3-5-8-16/h3-5,7-8,13H,6,9-12,14-15H2,1-2H3. The Morgan fingerprint density at radius 1 is 1.12 bits per heavy atom. The molecule has 6 heteroatoms. The van der Waals surface area contributed by atoms with Gasteiger partial charge in [-0.25, -0.2) is 0 Å². The highest BCUT2D eigenvalue weighted by atomic mass is 16.5. The molecule has 6 nitrogen and oxygen atoms in total. The summed E-state index contributed by atoms with van der Waals surface area (Å²) in [6.45, 7) is 5.06. The maximum absolute atomic E-state index is 11.9. The molecule has 0 bridgehead atoms. The van der Waals surface area contributed by atoms with Crippen molar-refractivity contribution < 1.29 is 9.32 Å². The predicted octanol–water partition coefficient (Wildman–Crippen LogP) is 1.94. The highest BCUT2D eigenvalue weighted by molar-refractivity contribution is 5.77. The number of carbonyl (C=O) groups excluding carboxylic acids is 1. The third kappa shape index (κ3) is 4.90. The van der Waals surface area contributed by atoms with Gasteiger partial charge in [0.25, 0.3) is 0 Å². The summed E-state index contributed by atoms with van der Waals surface area (Å²) in [5, 5.41) is 4.19. The van der Waals surface area contributed by atoms with Gasteiger partial charge < -0.3 is 9.42 Å². The second-order valence-electron chi connectivity index (χ2n) is 6.74. The average Bonchev–Trinajstić information content (AvgIpc) is 2.97. The van der Waals surface area contributed by atoms with Gasteiger partial charge in [0.05, 0.1) is 13.1 Å². The molecule has 0 radical (unpaired) electrons. The molecule has 1 saturated heterocycles. The van der Waals surface area contributed by atoms with Crippen molar-refractivity contribution in [1.82, 2.24) is 19.9 Å². The number of amides is 1. The van der Waals surface area contributed by atoms with Crippen LogP contribution in [0.25, 0.3) is 11.3 Å². The molecule has 0 N–H and O–H groups in total. The van der Waals surface area contributed by atoms with Crippen LogP contribution in [0.2, 0.25) is 0 Å². The molecule has 2 aromatic rings. The molecule has 1 aromatic carbocycles. The summed E-state index contributed by atoms with van der Waals surface area (Å²) >= 11 is 0. The fourth-order valence-electron chi connectivity index (χ4n) is 3.03. The van der Waals surface area contributed by atoms with Crippen LogP contribution in [0, 0.1) is 0 Å². The highest BCUT2D eigenvalue weighted by Crippen LogP contribution is 2.19. The SMILES string of the molecule is CN(C)C(=O)CN1CCCN(Cc2cc(-c3ccccc3)no2)CC1. The van der Waals surface area contributed by atoms with Crippen LogP contribution in [-0.2, 0) is 11.3 Å². The van der Waals surface area contributed by atoms with Gasteiger partial charge in [0.1, 0.15) is 5.69 Å². The minimum absolute atomic E-state index is 0.163. The van der Waals surface area contributed by atoms with Crippen LogP contribution in [0.4, 0.5) is 0 Å². The van der Waals surface area contributed by atoms with Gasteiger partial charge in [-0.15, -0.1) is 0 Å². The fraction of sp³-hybridized carbons (Fsp3) is 0.474. The Hall–Kier alpha value is -2.18. The molecular weight excluding hydrogens is 316 g/mol. The van der Waals surface area contributed by atoms with E-state index in [9.17, 15) is 4.79 Å². The molecule has 25 heavy (non-hydrogen) atoms. The molecule has 134 valence electrons. The Labute approximate surface area is 149 Å². The fourth-order valence-corrected chi connectivity index (χ4v) is 3.03. The topological polar surface area (TPSA) is 52.8 Å². The van der Waals surface area contributed by atoms with Gasteiger partial charge in [-0.05, 0) is 19.5 Å². The molecule has 3 rings (SSSR count). The van der Waals surface area contributed by atoms with E-state index >= 15 is 0 Å². The molecule has 1 aromatic heterocycles. The lowest BCUT2D eigenvalue weighted by molar-refractivity contribution is -0.129. The summed E-state index contributed by atoms with van der Waals surface area (Å²) in [7, 11) is 3.61. The molecule has 1 aliphatic rings. The van der Waals surface area contributed by atoms with Crippen molar-refractivity contribution >= 4 is 5.91 Å². The summed E-state index contributed by atoms with van der Waals surface area (Å²) < 4.78 is 5.52. The van der Waals surface area contributed by atoms with Crippen LogP contribution in [0.1, 0.15) is 12.2 Å². The third-order valence-corrected chi connectivity index (χ3v) is 4.55. The maximum Gasteiger partial charge on any atom is 0.236 e. The first kappa shape index (κ1) is 17.6. The maximum atomic E-state index is 11.9. The van der Waals surface area contributed by atoms with Crippen molar-refractivity contribution in [3.05, 3.63) is 42.2 Å². The molecule has 1 amide bonds. The predicted molar refractivity (Wildman–Crippen MR) is 97.0 cm³/mol. The van der Waals surface area contributed by atoms with E-state index < -0.39 is 0 Å². The number of rotatable bonds is 5. The first-order valence-corrected chi connectivity index (χ1v) is 8.77. The lowest BCUT2D eigenvalue weighted by atomic mass is 10.1. The smallest absolute Gasteiger partial charge is 0.236 e. The highest BCUT2D eigenvalue weighted by Gasteiger charge is 2.19. The zero-order valence-corrected chi connectivity index (χ0v) is 15.0. The normalized spacial score (nSPS) is 16.6. The summed E-state index contributed by atoms with van der Waals surface area (Å²) in [5.74, 6) is 1.05. The van der Waals surface area contributed by atoms with Gasteiger partial charge in [0.15, 0.2) is 5.76 Å². The van der Waals surface area contributed by atoms with E-state index in [1.807, 2.05) is 36.4 Å². The Morgan fingerprint density at radius 3 is 2.60 bits per heavy atom. The lowest BCUT2D eigenvalue weighted by Crippen LogP contribution is -2.38. The molecule has 0 saturated carbocycles.